The molecule has 0 saturated carbocycles. The van der Waals surface area contributed by atoms with E-state index in [9.17, 15) is 4.79 Å². The molecule has 146 valence electrons. The highest BCUT2D eigenvalue weighted by Gasteiger charge is 2.18. The van der Waals surface area contributed by atoms with Gasteiger partial charge < -0.3 is 5.32 Å². The van der Waals surface area contributed by atoms with Gasteiger partial charge >= 0.3 is 0 Å². The van der Waals surface area contributed by atoms with Crippen molar-refractivity contribution in [3.8, 4) is 11.3 Å². The molecule has 0 fully saturated rings. The fourth-order valence-corrected chi connectivity index (χ4v) is 3.67. The van der Waals surface area contributed by atoms with Crippen molar-refractivity contribution in [1.29, 1.82) is 0 Å². The number of pyridine rings is 1. The molecular weight excluding hydrogens is 344 g/mol. The van der Waals surface area contributed by atoms with Crippen molar-refractivity contribution in [2.75, 3.05) is 6.54 Å². The Balaban J connectivity index is 1.81. The SMILES string of the molecule is CCCCCCCCNC(=O)c1c(C)c(-c2ccccc2)nc2ccccc12. The standard InChI is InChI=1S/C25H30N2O/c1-3-4-5-6-7-13-18-26-25(28)23-19(2)24(20-14-9-8-10-15-20)27-22-17-12-11-16-21(22)23/h8-12,14-17H,3-7,13,18H2,1-2H3,(H,26,28). The summed E-state index contributed by atoms with van der Waals surface area (Å²) in [6, 6.07) is 18.0. The second kappa shape index (κ2) is 10.0. The molecule has 0 aliphatic heterocycles. The summed E-state index contributed by atoms with van der Waals surface area (Å²) in [6.07, 6.45) is 7.30. The van der Waals surface area contributed by atoms with Crippen molar-refractivity contribution in [3.05, 3.63) is 65.7 Å². The summed E-state index contributed by atoms with van der Waals surface area (Å²) in [5, 5.41) is 4.05. The Bertz CT molecular complexity index is 918. The van der Waals surface area contributed by atoms with Crippen molar-refractivity contribution < 1.29 is 4.79 Å². The number of rotatable bonds is 9. The van der Waals surface area contributed by atoms with E-state index < -0.39 is 0 Å². The van der Waals surface area contributed by atoms with Crippen molar-refractivity contribution in [3.63, 3.8) is 0 Å². The highest BCUT2D eigenvalue weighted by atomic mass is 16.1. The number of para-hydroxylation sites is 1. The molecule has 2 aromatic carbocycles. The summed E-state index contributed by atoms with van der Waals surface area (Å²) in [6.45, 7) is 4.95. The largest absolute Gasteiger partial charge is 0.352 e. The van der Waals surface area contributed by atoms with Gasteiger partial charge in [0, 0.05) is 17.5 Å². The smallest absolute Gasteiger partial charge is 0.252 e. The number of carbonyl (C=O) groups is 1. The van der Waals surface area contributed by atoms with E-state index in [0.29, 0.717) is 0 Å². The summed E-state index contributed by atoms with van der Waals surface area (Å²) in [7, 11) is 0. The van der Waals surface area contributed by atoms with Crippen molar-refractivity contribution in [2.45, 2.75) is 52.4 Å². The summed E-state index contributed by atoms with van der Waals surface area (Å²) in [5.41, 5.74) is 4.46. The second-order valence-corrected chi connectivity index (χ2v) is 7.37. The molecule has 3 nitrogen and oxygen atoms in total. The molecule has 1 N–H and O–H groups in total. The summed E-state index contributed by atoms with van der Waals surface area (Å²) < 4.78 is 0. The normalized spacial score (nSPS) is 10.9. The van der Waals surface area contributed by atoms with Gasteiger partial charge in [0.05, 0.1) is 16.8 Å². The Labute approximate surface area is 168 Å². The van der Waals surface area contributed by atoms with Crippen LogP contribution in [0.4, 0.5) is 0 Å². The average molecular weight is 375 g/mol. The maximum absolute atomic E-state index is 13.1. The number of hydrogen-bond donors (Lipinski definition) is 1. The van der Waals surface area contributed by atoms with E-state index in [4.69, 9.17) is 4.98 Å². The molecule has 28 heavy (non-hydrogen) atoms. The maximum atomic E-state index is 13.1. The van der Waals surface area contributed by atoms with Gasteiger partial charge in [0.15, 0.2) is 0 Å². The minimum atomic E-state index is 0.00170. The monoisotopic (exact) mass is 374 g/mol. The van der Waals surface area contributed by atoms with Crippen molar-refractivity contribution in [1.82, 2.24) is 10.3 Å². The fourth-order valence-electron chi connectivity index (χ4n) is 3.67. The van der Waals surface area contributed by atoms with Crippen LogP contribution >= 0.6 is 0 Å². The van der Waals surface area contributed by atoms with Crippen LogP contribution in [0.25, 0.3) is 22.2 Å². The fraction of sp³-hybridized carbons (Fsp3) is 0.360. The Morgan fingerprint density at radius 2 is 1.57 bits per heavy atom. The number of benzene rings is 2. The third-order valence-electron chi connectivity index (χ3n) is 5.23. The molecule has 0 radical (unpaired) electrons. The number of unbranched alkanes of at least 4 members (excludes halogenated alkanes) is 5. The highest BCUT2D eigenvalue weighted by Crippen LogP contribution is 2.29. The van der Waals surface area contributed by atoms with E-state index in [1.807, 2.05) is 61.5 Å². The first-order chi connectivity index (χ1) is 13.7. The number of nitrogens with zero attached hydrogens (tertiary/aromatic N) is 1. The first kappa shape index (κ1) is 20.1. The Morgan fingerprint density at radius 3 is 2.36 bits per heavy atom. The molecule has 0 unspecified atom stereocenters. The molecule has 0 spiro atoms. The van der Waals surface area contributed by atoms with E-state index in [1.165, 1.54) is 32.1 Å². The van der Waals surface area contributed by atoms with Gasteiger partial charge in [0.25, 0.3) is 5.91 Å². The molecule has 0 aliphatic rings. The van der Waals surface area contributed by atoms with Gasteiger partial charge in [-0.15, -0.1) is 0 Å². The van der Waals surface area contributed by atoms with Crippen molar-refractivity contribution in [2.24, 2.45) is 0 Å². The second-order valence-electron chi connectivity index (χ2n) is 7.37. The lowest BCUT2D eigenvalue weighted by Crippen LogP contribution is -2.26. The van der Waals surface area contributed by atoms with Crippen LogP contribution in [0, 0.1) is 6.92 Å². The third kappa shape index (κ3) is 4.78. The van der Waals surface area contributed by atoms with E-state index in [2.05, 4.69) is 12.2 Å². The first-order valence-corrected chi connectivity index (χ1v) is 10.5. The van der Waals surface area contributed by atoms with Crippen LogP contribution < -0.4 is 5.32 Å². The van der Waals surface area contributed by atoms with Gasteiger partial charge in [-0.1, -0.05) is 87.6 Å². The van der Waals surface area contributed by atoms with E-state index in [0.717, 1.165) is 46.3 Å². The van der Waals surface area contributed by atoms with Crippen molar-refractivity contribution >= 4 is 16.8 Å². The van der Waals surface area contributed by atoms with E-state index in [1.54, 1.807) is 0 Å². The van der Waals surface area contributed by atoms with E-state index in [-0.39, 0.29) is 5.91 Å². The van der Waals surface area contributed by atoms with Gasteiger partial charge in [-0.05, 0) is 25.0 Å². The quantitative estimate of drug-likeness (QED) is 0.447. The number of hydrogen-bond acceptors (Lipinski definition) is 2. The molecule has 3 heteroatoms. The summed E-state index contributed by atoms with van der Waals surface area (Å²) in [5.74, 6) is 0.00170. The van der Waals surface area contributed by atoms with Gasteiger partial charge in [-0.3, -0.25) is 4.79 Å². The van der Waals surface area contributed by atoms with Crippen LogP contribution in [0.3, 0.4) is 0 Å². The Morgan fingerprint density at radius 1 is 0.893 bits per heavy atom. The topological polar surface area (TPSA) is 42.0 Å². The number of amides is 1. The van der Waals surface area contributed by atoms with Gasteiger partial charge in [-0.2, -0.15) is 0 Å². The maximum Gasteiger partial charge on any atom is 0.252 e. The minimum absolute atomic E-state index is 0.00170. The zero-order valence-corrected chi connectivity index (χ0v) is 17.0. The lowest BCUT2D eigenvalue weighted by atomic mass is 9.97. The first-order valence-electron chi connectivity index (χ1n) is 10.5. The van der Waals surface area contributed by atoms with Crippen LogP contribution in [0.2, 0.25) is 0 Å². The van der Waals surface area contributed by atoms with Gasteiger partial charge in [0.2, 0.25) is 0 Å². The Hall–Kier alpha value is -2.68. The predicted molar refractivity (Wildman–Crippen MR) is 118 cm³/mol. The number of fused-ring (bicyclic) bond motifs is 1. The zero-order valence-electron chi connectivity index (χ0n) is 17.0. The van der Waals surface area contributed by atoms with Crippen LogP contribution in [0.5, 0.6) is 0 Å². The summed E-state index contributed by atoms with van der Waals surface area (Å²) >= 11 is 0. The molecule has 0 saturated heterocycles. The molecule has 3 rings (SSSR count). The van der Waals surface area contributed by atoms with Gasteiger partial charge in [-0.25, -0.2) is 4.98 Å². The molecule has 1 heterocycles. The van der Waals surface area contributed by atoms with E-state index >= 15 is 0 Å². The Kier molecular flexibility index (Phi) is 7.18. The lowest BCUT2D eigenvalue weighted by molar-refractivity contribution is 0.0954. The molecule has 0 aliphatic carbocycles. The highest BCUT2D eigenvalue weighted by molar-refractivity contribution is 6.08. The van der Waals surface area contributed by atoms with Crippen LogP contribution in [0.1, 0.15) is 61.4 Å². The predicted octanol–water partition coefficient (Wildman–Crippen LogP) is 6.30. The lowest BCUT2D eigenvalue weighted by Gasteiger charge is -2.15. The number of nitrogens with one attached hydrogen (secondary N) is 1. The molecular formula is C25H30N2O. The van der Waals surface area contributed by atoms with Crippen LogP contribution in [0.15, 0.2) is 54.6 Å². The average Bonchev–Trinajstić information content (AvgIpc) is 2.73. The molecule has 0 bridgehead atoms. The minimum Gasteiger partial charge on any atom is -0.352 e. The summed E-state index contributed by atoms with van der Waals surface area (Å²) in [4.78, 5) is 17.9. The number of carbonyl (C=O) groups excluding carboxylic acids is 1. The molecule has 1 amide bonds. The third-order valence-corrected chi connectivity index (χ3v) is 5.23. The molecule has 1 aromatic heterocycles. The molecule has 3 aromatic rings. The van der Waals surface area contributed by atoms with Gasteiger partial charge in [0.1, 0.15) is 0 Å². The number of aromatic nitrogens is 1. The molecule has 0 atom stereocenters. The van der Waals surface area contributed by atoms with Crippen LogP contribution in [-0.4, -0.2) is 17.4 Å². The zero-order chi connectivity index (χ0) is 19.8. The van der Waals surface area contributed by atoms with Crippen LogP contribution in [-0.2, 0) is 0 Å².